The fourth-order valence-corrected chi connectivity index (χ4v) is 6.05. The summed E-state index contributed by atoms with van der Waals surface area (Å²) in [6.07, 6.45) is 3.26. The third-order valence-electron chi connectivity index (χ3n) is 5.26. The molecule has 0 fully saturated rings. The predicted octanol–water partition coefficient (Wildman–Crippen LogP) is 4.85. The number of ether oxygens (including phenoxy) is 1. The average molecular weight is 429 g/mol. The van der Waals surface area contributed by atoms with Crippen LogP contribution < -0.4 is 5.56 Å². The van der Waals surface area contributed by atoms with Crippen molar-refractivity contribution in [2.45, 2.75) is 51.1 Å². The van der Waals surface area contributed by atoms with Gasteiger partial charge in [-0.05, 0) is 56.7 Å². The Morgan fingerprint density at radius 1 is 1.34 bits per heavy atom. The Morgan fingerprint density at radius 3 is 2.83 bits per heavy atom. The van der Waals surface area contributed by atoms with E-state index >= 15 is 0 Å². The van der Waals surface area contributed by atoms with E-state index in [0.717, 1.165) is 40.7 Å². The maximum atomic E-state index is 13.7. The van der Waals surface area contributed by atoms with Gasteiger partial charge in [0, 0.05) is 4.88 Å². The summed E-state index contributed by atoms with van der Waals surface area (Å²) >= 11 is 2.88. The van der Waals surface area contributed by atoms with Crippen molar-refractivity contribution in [2.75, 3.05) is 12.4 Å². The molecule has 1 aliphatic carbocycles. The van der Waals surface area contributed by atoms with Crippen LogP contribution in [0.3, 0.4) is 0 Å². The van der Waals surface area contributed by atoms with Crippen molar-refractivity contribution in [1.82, 2.24) is 9.55 Å². The highest BCUT2D eigenvalue weighted by Crippen LogP contribution is 2.40. The average Bonchev–Trinajstić information content (AvgIpc) is 3.08. The number of rotatable bonds is 5. The van der Waals surface area contributed by atoms with E-state index in [1.807, 2.05) is 31.2 Å². The molecule has 29 heavy (non-hydrogen) atoms. The maximum Gasteiger partial charge on any atom is 0.316 e. The Kier molecular flexibility index (Phi) is 5.79. The molecule has 2 heterocycles. The second-order valence-corrected chi connectivity index (χ2v) is 9.40. The van der Waals surface area contributed by atoms with E-state index in [2.05, 4.69) is 6.92 Å². The fourth-order valence-electron chi connectivity index (χ4n) is 3.86. The number of thioether (sulfide) groups is 1. The number of carbonyl (C=O) groups is 1. The maximum absolute atomic E-state index is 13.7. The van der Waals surface area contributed by atoms with Gasteiger partial charge in [-0.2, -0.15) is 0 Å². The minimum absolute atomic E-state index is 0.0449. The number of aromatic nitrogens is 2. The smallest absolute Gasteiger partial charge is 0.316 e. The molecular weight excluding hydrogens is 404 g/mol. The van der Waals surface area contributed by atoms with Crippen molar-refractivity contribution in [3.63, 3.8) is 0 Å². The van der Waals surface area contributed by atoms with Gasteiger partial charge in [0.05, 0.1) is 23.4 Å². The van der Waals surface area contributed by atoms with Crippen molar-refractivity contribution in [2.24, 2.45) is 0 Å². The summed E-state index contributed by atoms with van der Waals surface area (Å²) in [6, 6.07) is 7.83. The molecule has 0 spiro atoms. The summed E-state index contributed by atoms with van der Waals surface area (Å²) in [4.78, 5) is 32.5. The zero-order valence-corrected chi connectivity index (χ0v) is 18.5. The number of hydrogen-bond donors (Lipinski definition) is 0. The SMILES string of the molecule is CCOC(=O)CSc1nc2sc3c(c2c(=O)n1-c1ccc(C)cc1)[C@H](C)CCC3. The zero-order chi connectivity index (χ0) is 20.5. The lowest BCUT2D eigenvalue weighted by molar-refractivity contribution is -0.139. The first-order valence-corrected chi connectivity index (χ1v) is 11.7. The summed E-state index contributed by atoms with van der Waals surface area (Å²) in [5, 5.41) is 1.28. The van der Waals surface area contributed by atoms with Crippen LogP contribution in [-0.2, 0) is 16.0 Å². The molecule has 4 rings (SSSR count). The van der Waals surface area contributed by atoms with E-state index in [-0.39, 0.29) is 17.3 Å². The topological polar surface area (TPSA) is 61.2 Å². The predicted molar refractivity (Wildman–Crippen MR) is 119 cm³/mol. The lowest BCUT2D eigenvalue weighted by Gasteiger charge is -2.19. The van der Waals surface area contributed by atoms with Gasteiger partial charge >= 0.3 is 5.97 Å². The highest BCUT2D eigenvalue weighted by Gasteiger charge is 2.26. The fraction of sp³-hybridized carbons (Fsp3) is 0.409. The van der Waals surface area contributed by atoms with Gasteiger partial charge < -0.3 is 4.74 Å². The number of fused-ring (bicyclic) bond motifs is 3. The second-order valence-electron chi connectivity index (χ2n) is 7.38. The van der Waals surface area contributed by atoms with Gasteiger partial charge in [0.1, 0.15) is 4.83 Å². The van der Waals surface area contributed by atoms with E-state index in [9.17, 15) is 9.59 Å². The van der Waals surface area contributed by atoms with Gasteiger partial charge in [0.25, 0.3) is 5.56 Å². The first-order valence-electron chi connectivity index (χ1n) is 9.93. The monoisotopic (exact) mass is 428 g/mol. The number of aryl methyl sites for hydroxylation is 2. The van der Waals surface area contributed by atoms with Gasteiger partial charge in [-0.15, -0.1) is 11.3 Å². The van der Waals surface area contributed by atoms with E-state index in [1.54, 1.807) is 22.8 Å². The summed E-state index contributed by atoms with van der Waals surface area (Å²) in [6.45, 7) is 6.34. The van der Waals surface area contributed by atoms with Crippen LogP contribution in [0.5, 0.6) is 0 Å². The number of benzene rings is 1. The molecule has 7 heteroatoms. The minimum atomic E-state index is -0.304. The van der Waals surface area contributed by atoms with Crippen LogP contribution in [0.1, 0.15) is 48.6 Å². The number of nitrogens with zero attached hydrogens (tertiary/aromatic N) is 2. The molecule has 152 valence electrons. The van der Waals surface area contributed by atoms with Crippen LogP contribution >= 0.6 is 23.1 Å². The summed E-state index contributed by atoms with van der Waals surface area (Å²) < 4.78 is 6.70. The Morgan fingerprint density at radius 2 is 2.10 bits per heavy atom. The van der Waals surface area contributed by atoms with Crippen molar-refractivity contribution < 1.29 is 9.53 Å². The molecule has 5 nitrogen and oxygen atoms in total. The van der Waals surface area contributed by atoms with E-state index in [4.69, 9.17) is 9.72 Å². The molecule has 0 saturated carbocycles. The molecule has 0 N–H and O–H groups in total. The van der Waals surface area contributed by atoms with Gasteiger partial charge in [-0.1, -0.05) is 36.4 Å². The van der Waals surface area contributed by atoms with Crippen molar-refractivity contribution in [1.29, 1.82) is 0 Å². The zero-order valence-electron chi connectivity index (χ0n) is 16.9. The number of thiophene rings is 1. The van der Waals surface area contributed by atoms with Crippen LogP contribution in [0.2, 0.25) is 0 Å². The summed E-state index contributed by atoms with van der Waals surface area (Å²) in [5.74, 6) is 0.187. The molecule has 1 atom stereocenters. The minimum Gasteiger partial charge on any atom is -0.465 e. The third-order valence-corrected chi connectivity index (χ3v) is 7.33. The Bertz CT molecular complexity index is 1120. The van der Waals surface area contributed by atoms with Crippen molar-refractivity contribution >= 4 is 39.3 Å². The molecule has 2 aromatic heterocycles. The number of esters is 1. The second kappa shape index (κ2) is 8.32. The summed E-state index contributed by atoms with van der Waals surface area (Å²) in [5.41, 5.74) is 3.02. The lowest BCUT2D eigenvalue weighted by Crippen LogP contribution is -2.23. The molecule has 1 aromatic carbocycles. The van der Waals surface area contributed by atoms with Gasteiger partial charge in [0.15, 0.2) is 5.16 Å². The Balaban J connectivity index is 1.90. The van der Waals surface area contributed by atoms with Crippen LogP contribution in [-0.4, -0.2) is 27.9 Å². The molecule has 0 radical (unpaired) electrons. The highest BCUT2D eigenvalue weighted by atomic mass is 32.2. The standard InChI is InChI=1S/C22H24N2O3S2/c1-4-27-17(25)12-28-22-23-20-19(18-14(3)6-5-7-16(18)29-20)21(26)24(22)15-10-8-13(2)9-11-15/h8-11,14H,4-7,12H2,1-3H3/t14-/m1/s1. The van der Waals surface area contributed by atoms with Crippen molar-refractivity contribution in [3.8, 4) is 5.69 Å². The normalized spacial score (nSPS) is 16.0. The van der Waals surface area contributed by atoms with Gasteiger partial charge in [0.2, 0.25) is 0 Å². The van der Waals surface area contributed by atoms with E-state index in [0.29, 0.717) is 17.7 Å². The van der Waals surface area contributed by atoms with Gasteiger partial charge in [-0.3, -0.25) is 14.2 Å². The highest BCUT2D eigenvalue weighted by molar-refractivity contribution is 7.99. The largest absolute Gasteiger partial charge is 0.465 e. The van der Waals surface area contributed by atoms with E-state index in [1.165, 1.54) is 22.2 Å². The summed E-state index contributed by atoms with van der Waals surface area (Å²) in [7, 11) is 0. The third kappa shape index (κ3) is 3.85. The number of carbonyl (C=O) groups excluding carboxylic acids is 1. The van der Waals surface area contributed by atoms with Gasteiger partial charge in [-0.25, -0.2) is 4.98 Å². The molecular formula is C22H24N2O3S2. The molecule has 0 saturated heterocycles. The van der Waals surface area contributed by atoms with Crippen LogP contribution in [0.25, 0.3) is 15.9 Å². The molecule has 0 aliphatic heterocycles. The molecule has 0 amide bonds. The molecule has 3 aromatic rings. The van der Waals surface area contributed by atoms with Crippen LogP contribution in [0, 0.1) is 6.92 Å². The molecule has 1 aliphatic rings. The Labute approximate surface area is 178 Å². The van der Waals surface area contributed by atoms with Crippen LogP contribution in [0.15, 0.2) is 34.2 Å². The van der Waals surface area contributed by atoms with Crippen molar-refractivity contribution in [3.05, 3.63) is 50.6 Å². The quantitative estimate of drug-likeness (QED) is 0.330. The lowest BCUT2D eigenvalue weighted by atomic mass is 9.88. The Hall–Kier alpha value is -2.12. The first kappa shape index (κ1) is 20.2. The first-order chi connectivity index (χ1) is 14.0. The van der Waals surface area contributed by atoms with Crippen LogP contribution in [0.4, 0.5) is 0 Å². The molecule has 0 bridgehead atoms. The van der Waals surface area contributed by atoms with E-state index < -0.39 is 0 Å². The number of hydrogen-bond acceptors (Lipinski definition) is 6. The molecule has 0 unspecified atom stereocenters.